The average Bonchev–Trinajstić information content (AvgIpc) is 2.91. The van der Waals surface area contributed by atoms with Crippen LogP contribution in [0.1, 0.15) is 25.3 Å². The van der Waals surface area contributed by atoms with Crippen LogP contribution in [0.5, 0.6) is 0 Å². The summed E-state index contributed by atoms with van der Waals surface area (Å²) in [4.78, 5) is 25.2. The summed E-state index contributed by atoms with van der Waals surface area (Å²) in [5.74, 6) is -1.66. The molecular formula is C17H21N3O6S. The van der Waals surface area contributed by atoms with Gasteiger partial charge >= 0.3 is 5.97 Å². The first kappa shape index (κ1) is 19.3. The first-order valence-electron chi connectivity index (χ1n) is 8.54. The van der Waals surface area contributed by atoms with Crippen LogP contribution in [0.2, 0.25) is 0 Å². The topological polar surface area (TPSA) is 136 Å². The Balaban J connectivity index is 1.62. The molecule has 1 fully saturated rings. The summed E-state index contributed by atoms with van der Waals surface area (Å²) in [6.45, 7) is 1.65. The minimum atomic E-state index is -3.68. The van der Waals surface area contributed by atoms with E-state index in [0.29, 0.717) is 37.3 Å². The fraction of sp³-hybridized carbons (Fsp3) is 0.471. The maximum Gasteiger partial charge on any atom is 0.337 e. The Kier molecular flexibility index (Phi) is 4.96. The second-order valence-electron chi connectivity index (χ2n) is 6.94. The number of rotatable bonds is 4. The van der Waals surface area contributed by atoms with Crippen LogP contribution in [0.4, 0.5) is 0 Å². The van der Waals surface area contributed by atoms with Crippen LogP contribution in [-0.4, -0.2) is 66.5 Å². The molecule has 0 aliphatic carbocycles. The highest BCUT2D eigenvalue weighted by Gasteiger charge is 2.35. The van der Waals surface area contributed by atoms with Crippen LogP contribution in [0, 0.1) is 5.92 Å². The summed E-state index contributed by atoms with van der Waals surface area (Å²) in [7, 11) is -3.68. The lowest BCUT2D eigenvalue weighted by Crippen LogP contribution is -2.49. The molecule has 1 unspecified atom stereocenters. The molecule has 0 aromatic heterocycles. The van der Waals surface area contributed by atoms with Crippen molar-refractivity contribution in [2.24, 2.45) is 10.3 Å². The molecule has 0 saturated carbocycles. The summed E-state index contributed by atoms with van der Waals surface area (Å²) >= 11 is 0. The van der Waals surface area contributed by atoms with Gasteiger partial charge in [-0.25, -0.2) is 4.79 Å². The number of carbonyl (C=O) groups excluding carboxylic acids is 1. The minimum absolute atomic E-state index is 0.191. The van der Waals surface area contributed by atoms with Gasteiger partial charge in [-0.05, 0) is 31.9 Å². The van der Waals surface area contributed by atoms with Crippen LogP contribution >= 0.6 is 0 Å². The maximum atomic E-state index is 12.2. The third-order valence-corrected chi connectivity index (χ3v) is 6.17. The molecule has 146 valence electrons. The molecule has 1 aromatic rings. The van der Waals surface area contributed by atoms with Gasteiger partial charge in [-0.1, -0.05) is 12.1 Å². The molecule has 2 aliphatic rings. The van der Waals surface area contributed by atoms with E-state index in [1.54, 1.807) is 18.2 Å². The van der Waals surface area contributed by atoms with E-state index < -0.39 is 21.6 Å². The Bertz CT molecular complexity index is 901. The summed E-state index contributed by atoms with van der Waals surface area (Å²) in [6, 6.07) is 6.64. The standard InChI is InChI=1S/C17H21N3O6S/c1-17(24,16(22)23)10-18-15(21)11-6-8-20(9-7-11)14-12-4-2-3-5-13(12)27(25,26)19-14/h2-5,11,24H,6-10H2,1H3,(H,18,21)(H,22,23). The number of nitrogens with one attached hydrogen (secondary N) is 1. The lowest BCUT2D eigenvalue weighted by Gasteiger charge is -2.33. The van der Waals surface area contributed by atoms with E-state index in [4.69, 9.17) is 5.11 Å². The van der Waals surface area contributed by atoms with Crippen molar-refractivity contribution in [3.8, 4) is 0 Å². The number of carbonyl (C=O) groups is 2. The van der Waals surface area contributed by atoms with Crippen molar-refractivity contribution in [3.05, 3.63) is 29.8 Å². The van der Waals surface area contributed by atoms with E-state index in [9.17, 15) is 23.1 Å². The van der Waals surface area contributed by atoms with E-state index >= 15 is 0 Å². The normalized spacial score (nSPS) is 21.1. The zero-order chi connectivity index (χ0) is 19.8. The van der Waals surface area contributed by atoms with Crippen molar-refractivity contribution in [2.75, 3.05) is 19.6 Å². The predicted molar refractivity (Wildman–Crippen MR) is 95.7 cm³/mol. The first-order valence-corrected chi connectivity index (χ1v) is 9.98. The Morgan fingerprint density at radius 3 is 2.56 bits per heavy atom. The third-order valence-electron chi connectivity index (χ3n) is 4.85. The van der Waals surface area contributed by atoms with Gasteiger partial charge < -0.3 is 20.4 Å². The number of hydrogen-bond donors (Lipinski definition) is 3. The quantitative estimate of drug-likeness (QED) is 0.642. The molecule has 10 heteroatoms. The molecule has 0 bridgehead atoms. The van der Waals surface area contributed by atoms with Gasteiger partial charge in [0.25, 0.3) is 10.0 Å². The van der Waals surface area contributed by atoms with Crippen LogP contribution in [0.15, 0.2) is 33.6 Å². The summed E-state index contributed by atoms with van der Waals surface area (Å²) in [5.41, 5.74) is -1.45. The zero-order valence-electron chi connectivity index (χ0n) is 14.8. The number of carboxylic acids is 1. The molecule has 9 nitrogen and oxygen atoms in total. The molecule has 3 N–H and O–H groups in total. The summed E-state index contributed by atoms with van der Waals surface area (Å²) in [5, 5.41) is 21.0. The lowest BCUT2D eigenvalue weighted by molar-refractivity contribution is -0.156. The molecule has 3 rings (SSSR count). The highest BCUT2D eigenvalue weighted by molar-refractivity contribution is 7.90. The Morgan fingerprint density at radius 1 is 1.30 bits per heavy atom. The number of nitrogens with zero attached hydrogens (tertiary/aromatic N) is 2. The number of likely N-dealkylation sites (tertiary alicyclic amines) is 1. The second kappa shape index (κ2) is 6.93. The van der Waals surface area contributed by atoms with Gasteiger partial charge in [-0.15, -0.1) is 4.40 Å². The number of hydrogen-bond acceptors (Lipinski definition) is 6. The van der Waals surface area contributed by atoms with Gasteiger partial charge in [0.15, 0.2) is 11.4 Å². The van der Waals surface area contributed by atoms with E-state index in [1.165, 1.54) is 6.07 Å². The molecule has 1 saturated heterocycles. The van der Waals surface area contributed by atoms with Crippen LogP contribution < -0.4 is 5.32 Å². The predicted octanol–water partition coefficient (Wildman–Crippen LogP) is -0.201. The van der Waals surface area contributed by atoms with Crippen LogP contribution in [0.3, 0.4) is 0 Å². The van der Waals surface area contributed by atoms with Crippen molar-refractivity contribution >= 4 is 27.7 Å². The SMILES string of the molecule is CC(O)(CNC(=O)C1CCN(C2=NS(=O)(=O)c3ccccc32)CC1)C(=O)O. The van der Waals surface area contributed by atoms with Crippen molar-refractivity contribution in [3.63, 3.8) is 0 Å². The number of carboxylic acid groups (broad SMARTS) is 1. The van der Waals surface area contributed by atoms with Crippen molar-refractivity contribution in [2.45, 2.75) is 30.3 Å². The number of amides is 1. The van der Waals surface area contributed by atoms with Crippen LogP contribution in [-0.2, 0) is 19.6 Å². The number of aliphatic hydroxyl groups is 1. The molecular weight excluding hydrogens is 374 g/mol. The number of fused-ring (bicyclic) bond motifs is 1. The average molecular weight is 395 g/mol. The maximum absolute atomic E-state index is 12.2. The smallest absolute Gasteiger partial charge is 0.337 e. The third kappa shape index (κ3) is 3.81. The summed E-state index contributed by atoms with van der Waals surface area (Å²) in [6.07, 6.45) is 0.949. The van der Waals surface area contributed by atoms with E-state index in [-0.39, 0.29) is 23.3 Å². The second-order valence-corrected chi connectivity index (χ2v) is 8.52. The fourth-order valence-corrected chi connectivity index (χ4v) is 4.38. The number of sulfonamides is 1. The lowest BCUT2D eigenvalue weighted by atomic mass is 9.95. The van der Waals surface area contributed by atoms with Gasteiger partial charge in [0, 0.05) is 24.6 Å². The van der Waals surface area contributed by atoms with Gasteiger partial charge in [0.05, 0.1) is 6.54 Å². The largest absolute Gasteiger partial charge is 0.479 e. The highest BCUT2D eigenvalue weighted by atomic mass is 32.2. The van der Waals surface area contributed by atoms with E-state index in [0.717, 1.165) is 6.92 Å². The van der Waals surface area contributed by atoms with Gasteiger partial charge in [-0.2, -0.15) is 8.42 Å². The van der Waals surface area contributed by atoms with Gasteiger partial charge in [-0.3, -0.25) is 4.79 Å². The molecule has 27 heavy (non-hydrogen) atoms. The molecule has 1 aromatic carbocycles. The number of aliphatic carboxylic acids is 1. The minimum Gasteiger partial charge on any atom is -0.479 e. The Morgan fingerprint density at radius 2 is 1.93 bits per heavy atom. The Hall–Kier alpha value is -2.46. The number of amidine groups is 1. The molecule has 1 amide bonds. The molecule has 0 radical (unpaired) electrons. The molecule has 1 atom stereocenters. The fourth-order valence-electron chi connectivity index (χ4n) is 3.15. The summed E-state index contributed by atoms with van der Waals surface area (Å²) < 4.78 is 28.2. The van der Waals surface area contributed by atoms with Gasteiger partial charge in [0.1, 0.15) is 4.90 Å². The van der Waals surface area contributed by atoms with E-state index in [2.05, 4.69) is 9.71 Å². The number of benzene rings is 1. The van der Waals surface area contributed by atoms with Crippen molar-refractivity contribution in [1.29, 1.82) is 0 Å². The number of piperidine rings is 1. The van der Waals surface area contributed by atoms with Crippen molar-refractivity contribution in [1.82, 2.24) is 10.2 Å². The van der Waals surface area contributed by atoms with Gasteiger partial charge in [0.2, 0.25) is 5.91 Å². The zero-order valence-corrected chi connectivity index (χ0v) is 15.6. The van der Waals surface area contributed by atoms with Crippen molar-refractivity contribution < 1.29 is 28.2 Å². The molecule has 2 heterocycles. The molecule has 2 aliphatic heterocycles. The Labute approximate surface area is 156 Å². The monoisotopic (exact) mass is 395 g/mol. The van der Waals surface area contributed by atoms with E-state index in [1.807, 2.05) is 4.90 Å². The molecule has 0 spiro atoms. The first-order chi connectivity index (χ1) is 12.6. The van der Waals surface area contributed by atoms with Crippen LogP contribution in [0.25, 0.3) is 0 Å². The highest BCUT2D eigenvalue weighted by Crippen LogP contribution is 2.29.